The monoisotopic (exact) mass is 519 g/mol. The van der Waals surface area contributed by atoms with Crippen LogP contribution in [0, 0.1) is 27.7 Å². The molecule has 2 aromatic heterocycles. The number of aromatic nitrogens is 3. The minimum atomic E-state index is 0.709. The molecule has 0 aliphatic rings. The smallest absolute Gasteiger partial charge is 0.161 e. The molecule has 0 saturated heterocycles. The second kappa shape index (κ2) is 9.55. The van der Waals surface area contributed by atoms with E-state index in [2.05, 4.69) is 100 Å². The molecule has 2 heterocycles. The zero-order valence-electron chi connectivity index (χ0n) is 20.3. The fraction of sp³-hybridized carbons (Fsp3) is 0.129. The Morgan fingerprint density at radius 2 is 1.23 bits per heavy atom. The molecule has 5 rings (SSSR count). The molecule has 0 bridgehead atoms. The zero-order chi connectivity index (χ0) is 24.5. The molecule has 4 heteroatoms. The Kier molecular flexibility index (Phi) is 6.31. The Labute approximate surface area is 215 Å². The van der Waals surface area contributed by atoms with Gasteiger partial charge >= 0.3 is 0 Å². The molecule has 0 unspecified atom stereocenters. The second-order valence-electron chi connectivity index (χ2n) is 9.02. The van der Waals surface area contributed by atoms with Crippen molar-refractivity contribution in [3.05, 3.63) is 112 Å². The lowest BCUT2D eigenvalue weighted by atomic mass is 9.92. The molecular formula is C31H26BrN3. The van der Waals surface area contributed by atoms with E-state index in [9.17, 15) is 0 Å². The van der Waals surface area contributed by atoms with Crippen LogP contribution >= 0.6 is 15.9 Å². The van der Waals surface area contributed by atoms with Crippen molar-refractivity contribution in [1.82, 2.24) is 15.0 Å². The van der Waals surface area contributed by atoms with E-state index in [0.29, 0.717) is 5.82 Å². The van der Waals surface area contributed by atoms with Crippen molar-refractivity contribution in [2.24, 2.45) is 0 Å². The van der Waals surface area contributed by atoms with Gasteiger partial charge in [-0.1, -0.05) is 81.7 Å². The van der Waals surface area contributed by atoms with Crippen molar-refractivity contribution in [2.45, 2.75) is 27.7 Å². The third-order valence-electron chi connectivity index (χ3n) is 6.02. The topological polar surface area (TPSA) is 38.7 Å². The van der Waals surface area contributed by atoms with E-state index in [4.69, 9.17) is 4.98 Å². The van der Waals surface area contributed by atoms with Crippen LogP contribution in [0.5, 0.6) is 0 Å². The Morgan fingerprint density at radius 3 is 1.86 bits per heavy atom. The van der Waals surface area contributed by atoms with Gasteiger partial charge < -0.3 is 0 Å². The first kappa shape index (κ1) is 23.1. The van der Waals surface area contributed by atoms with Crippen LogP contribution in [0.25, 0.3) is 44.9 Å². The van der Waals surface area contributed by atoms with Crippen LogP contribution in [0.1, 0.15) is 22.5 Å². The van der Waals surface area contributed by atoms with Crippen LogP contribution in [0.3, 0.4) is 0 Å². The third kappa shape index (κ3) is 4.94. The highest BCUT2D eigenvalue weighted by Crippen LogP contribution is 2.38. The number of pyridine rings is 1. The maximum atomic E-state index is 4.71. The minimum Gasteiger partial charge on any atom is -0.255 e. The number of rotatable bonds is 4. The normalized spacial score (nSPS) is 11.0. The Morgan fingerprint density at radius 1 is 0.571 bits per heavy atom. The Bertz CT molecular complexity index is 1500. The molecule has 0 radical (unpaired) electrons. The van der Waals surface area contributed by atoms with Gasteiger partial charge in [0.1, 0.15) is 0 Å². The largest absolute Gasteiger partial charge is 0.255 e. The summed E-state index contributed by atoms with van der Waals surface area (Å²) in [7, 11) is 0. The maximum Gasteiger partial charge on any atom is 0.161 e. The van der Waals surface area contributed by atoms with Gasteiger partial charge in [0.15, 0.2) is 5.82 Å². The summed E-state index contributed by atoms with van der Waals surface area (Å²) in [5.41, 5.74) is 12.1. The molecule has 3 nitrogen and oxygen atoms in total. The van der Waals surface area contributed by atoms with Crippen molar-refractivity contribution in [3.63, 3.8) is 0 Å². The van der Waals surface area contributed by atoms with Crippen LogP contribution in [-0.4, -0.2) is 15.0 Å². The maximum absolute atomic E-state index is 4.71. The third-order valence-corrected chi connectivity index (χ3v) is 6.67. The molecule has 35 heavy (non-hydrogen) atoms. The highest BCUT2D eigenvalue weighted by atomic mass is 79.9. The van der Waals surface area contributed by atoms with Gasteiger partial charge in [-0.05, 0) is 74.2 Å². The molecular weight excluding hydrogens is 494 g/mol. The molecule has 0 fully saturated rings. The summed E-state index contributed by atoms with van der Waals surface area (Å²) in [5, 5.41) is 0. The number of halogens is 1. The zero-order valence-corrected chi connectivity index (χ0v) is 21.9. The quantitative estimate of drug-likeness (QED) is 0.238. The summed E-state index contributed by atoms with van der Waals surface area (Å²) in [6.07, 6.45) is 1.85. The molecule has 172 valence electrons. The summed E-state index contributed by atoms with van der Waals surface area (Å²) in [5.74, 6) is 0.709. The fourth-order valence-corrected chi connectivity index (χ4v) is 5.14. The van der Waals surface area contributed by atoms with Crippen LogP contribution in [0.4, 0.5) is 0 Å². The van der Waals surface area contributed by atoms with Gasteiger partial charge in [0.05, 0.1) is 5.69 Å². The molecule has 0 spiro atoms. The van der Waals surface area contributed by atoms with Gasteiger partial charge in [0.2, 0.25) is 0 Å². The SMILES string of the molecule is Cc1cc(C)cc(-c2ccccc2-c2ccc(-c3ccc(-c4nc(C)cc(C)n4)cn3)cc2Br)c1. The van der Waals surface area contributed by atoms with Crippen molar-refractivity contribution < 1.29 is 0 Å². The highest BCUT2D eigenvalue weighted by Gasteiger charge is 2.13. The van der Waals surface area contributed by atoms with Crippen molar-refractivity contribution in [1.29, 1.82) is 0 Å². The molecule has 0 aliphatic carbocycles. The van der Waals surface area contributed by atoms with Crippen LogP contribution < -0.4 is 0 Å². The van der Waals surface area contributed by atoms with Crippen LogP contribution in [0.2, 0.25) is 0 Å². The van der Waals surface area contributed by atoms with E-state index in [1.54, 1.807) is 0 Å². The first-order valence-corrected chi connectivity index (χ1v) is 12.4. The number of hydrogen-bond acceptors (Lipinski definition) is 3. The number of benzene rings is 3. The van der Waals surface area contributed by atoms with Gasteiger partial charge in [-0.15, -0.1) is 0 Å². The van der Waals surface area contributed by atoms with Gasteiger partial charge in [0, 0.05) is 33.2 Å². The first-order chi connectivity index (χ1) is 16.9. The van der Waals surface area contributed by atoms with E-state index in [1.807, 2.05) is 38.2 Å². The molecule has 0 amide bonds. The summed E-state index contributed by atoms with van der Waals surface area (Å²) in [6, 6.07) is 27.8. The van der Waals surface area contributed by atoms with Crippen molar-refractivity contribution >= 4 is 15.9 Å². The summed E-state index contributed by atoms with van der Waals surface area (Å²) in [6.45, 7) is 8.26. The Balaban J connectivity index is 1.49. The lowest BCUT2D eigenvalue weighted by Gasteiger charge is -2.14. The van der Waals surface area contributed by atoms with E-state index in [1.165, 1.54) is 27.8 Å². The van der Waals surface area contributed by atoms with Crippen molar-refractivity contribution in [3.8, 4) is 44.9 Å². The standard InChI is InChI=1S/C31H26BrN3/c1-19-13-20(2)15-25(14-19)26-7-5-6-8-27(26)28-11-9-23(17-29(28)32)30-12-10-24(18-33-30)31-34-21(3)16-22(4)35-31/h5-18H,1-4H3. The predicted octanol–water partition coefficient (Wildman–Crippen LogP) is 8.54. The lowest BCUT2D eigenvalue weighted by Crippen LogP contribution is -1.95. The average Bonchev–Trinajstić information content (AvgIpc) is 2.83. The van der Waals surface area contributed by atoms with Crippen LogP contribution in [-0.2, 0) is 0 Å². The molecule has 0 atom stereocenters. The van der Waals surface area contributed by atoms with E-state index in [-0.39, 0.29) is 0 Å². The van der Waals surface area contributed by atoms with E-state index < -0.39 is 0 Å². The molecule has 5 aromatic rings. The van der Waals surface area contributed by atoms with Gasteiger partial charge in [-0.2, -0.15) is 0 Å². The molecule has 0 N–H and O–H groups in total. The first-order valence-electron chi connectivity index (χ1n) is 11.6. The summed E-state index contributed by atoms with van der Waals surface area (Å²) in [4.78, 5) is 13.8. The number of aryl methyl sites for hydroxylation is 4. The average molecular weight is 520 g/mol. The van der Waals surface area contributed by atoms with Crippen molar-refractivity contribution in [2.75, 3.05) is 0 Å². The summed E-state index contributed by atoms with van der Waals surface area (Å²) >= 11 is 3.84. The van der Waals surface area contributed by atoms with E-state index >= 15 is 0 Å². The highest BCUT2D eigenvalue weighted by molar-refractivity contribution is 9.10. The summed E-state index contributed by atoms with van der Waals surface area (Å²) < 4.78 is 1.04. The lowest BCUT2D eigenvalue weighted by molar-refractivity contribution is 1.06. The van der Waals surface area contributed by atoms with Gasteiger partial charge in [-0.3, -0.25) is 4.98 Å². The van der Waals surface area contributed by atoms with E-state index in [0.717, 1.165) is 38.2 Å². The minimum absolute atomic E-state index is 0.709. The number of nitrogens with zero attached hydrogens (tertiary/aromatic N) is 3. The molecule has 0 aliphatic heterocycles. The van der Waals surface area contributed by atoms with Crippen LogP contribution in [0.15, 0.2) is 89.5 Å². The second-order valence-corrected chi connectivity index (χ2v) is 9.88. The molecule has 0 saturated carbocycles. The van der Waals surface area contributed by atoms with Gasteiger partial charge in [0.25, 0.3) is 0 Å². The molecule has 3 aromatic carbocycles. The number of hydrogen-bond donors (Lipinski definition) is 0. The fourth-order valence-electron chi connectivity index (χ4n) is 4.54. The predicted molar refractivity (Wildman–Crippen MR) is 148 cm³/mol. The van der Waals surface area contributed by atoms with Gasteiger partial charge in [-0.25, -0.2) is 9.97 Å². The Hall–Kier alpha value is -3.63.